The van der Waals surface area contributed by atoms with Gasteiger partial charge in [-0.1, -0.05) is 6.07 Å². The van der Waals surface area contributed by atoms with Gasteiger partial charge >= 0.3 is 6.61 Å². The second kappa shape index (κ2) is 8.56. The van der Waals surface area contributed by atoms with Crippen LogP contribution in [0.1, 0.15) is 5.56 Å². The second-order valence-corrected chi connectivity index (χ2v) is 4.92. The van der Waals surface area contributed by atoms with E-state index in [2.05, 4.69) is 10.1 Å². The van der Waals surface area contributed by atoms with Crippen LogP contribution in [0.25, 0.3) is 6.08 Å². The van der Waals surface area contributed by atoms with Crippen molar-refractivity contribution in [3.63, 3.8) is 0 Å². The molecule has 0 saturated carbocycles. The molecule has 9 heteroatoms. The Bertz CT molecular complexity index is 822. The number of methoxy groups -OCH3 is 1. The largest absolute Gasteiger partial charge is 0.493 e. The fraction of sp³-hybridized carbons (Fsp3) is 0.118. The van der Waals surface area contributed by atoms with Gasteiger partial charge in [0.2, 0.25) is 5.91 Å². The number of rotatable bonds is 7. The van der Waals surface area contributed by atoms with Crippen molar-refractivity contribution >= 4 is 23.4 Å². The number of amides is 1. The van der Waals surface area contributed by atoms with Crippen molar-refractivity contribution in [1.82, 2.24) is 0 Å². The minimum atomic E-state index is -2.97. The fourth-order valence-corrected chi connectivity index (χ4v) is 2.00. The number of anilines is 1. The summed E-state index contributed by atoms with van der Waals surface area (Å²) in [7, 11) is 1.31. The summed E-state index contributed by atoms with van der Waals surface area (Å²) in [6.45, 7) is -2.97. The van der Waals surface area contributed by atoms with E-state index in [0.717, 1.165) is 0 Å². The number of non-ortho nitro benzene ring substituents is 1. The molecule has 0 heterocycles. The predicted octanol–water partition coefficient (Wildman–Crippen LogP) is 3.86. The second-order valence-electron chi connectivity index (χ2n) is 4.92. The molecule has 0 unspecified atom stereocenters. The van der Waals surface area contributed by atoms with Gasteiger partial charge in [-0.15, -0.1) is 0 Å². The maximum atomic E-state index is 12.3. The summed E-state index contributed by atoms with van der Waals surface area (Å²) in [5.41, 5.74) is 0.836. The highest BCUT2D eigenvalue weighted by molar-refractivity contribution is 6.02. The number of carbonyl (C=O) groups excluding carboxylic acids is 1. The van der Waals surface area contributed by atoms with Gasteiger partial charge in [0.15, 0.2) is 11.5 Å². The third-order valence-corrected chi connectivity index (χ3v) is 3.18. The smallest absolute Gasteiger partial charge is 0.387 e. The standard InChI is InChI=1S/C17H14F2N2O5/c1-25-15-10-11(2-8-14(15)26-17(18)19)3-9-16(22)20-12-4-6-13(7-5-12)21(23)24/h2-10,17H,1H3,(H,20,22)/b9-3+. The molecular weight excluding hydrogens is 350 g/mol. The lowest BCUT2D eigenvalue weighted by Crippen LogP contribution is -2.07. The van der Waals surface area contributed by atoms with Crippen molar-refractivity contribution < 1.29 is 28.0 Å². The molecule has 1 N–H and O–H groups in total. The van der Waals surface area contributed by atoms with Crippen LogP contribution in [0.2, 0.25) is 0 Å². The summed E-state index contributed by atoms with van der Waals surface area (Å²) in [5, 5.41) is 13.1. The molecule has 0 aliphatic rings. The first-order chi connectivity index (χ1) is 12.4. The van der Waals surface area contributed by atoms with Gasteiger partial charge in [0.1, 0.15) is 0 Å². The molecule has 1 amide bonds. The molecule has 0 aliphatic heterocycles. The summed E-state index contributed by atoms with van der Waals surface area (Å²) in [6, 6.07) is 9.58. The Morgan fingerprint density at radius 2 is 1.88 bits per heavy atom. The average Bonchev–Trinajstić information content (AvgIpc) is 2.60. The van der Waals surface area contributed by atoms with Crippen LogP contribution in [-0.2, 0) is 4.79 Å². The number of carbonyl (C=O) groups is 1. The van der Waals surface area contributed by atoms with Crippen molar-refractivity contribution in [2.45, 2.75) is 6.61 Å². The maximum absolute atomic E-state index is 12.3. The maximum Gasteiger partial charge on any atom is 0.387 e. The number of hydrogen-bond donors (Lipinski definition) is 1. The Kier molecular flexibility index (Phi) is 6.20. The van der Waals surface area contributed by atoms with Crippen LogP contribution in [0.15, 0.2) is 48.5 Å². The van der Waals surface area contributed by atoms with Crippen molar-refractivity contribution in [2.75, 3.05) is 12.4 Å². The van der Waals surface area contributed by atoms with E-state index < -0.39 is 17.4 Å². The number of nitrogens with zero attached hydrogens (tertiary/aromatic N) is 1. The molecule has 2 aromatic carbocycles. The van der Waals surface area contributed by atoms with Gasteiger partial charge in [-0.05, 0) is 35.9 Å². The van der Waals surface area contributed by atoms with Gasteiger partial charge in [0.25, 0.3) is 5.69 Å². The molecule has 0 saturated heterocycles. The van der Waals surface area contributed by atoms with E-state index >= 15 is 0 Å². The minimum absolute atomic E-state index is 0.0863. The topological polar surface area (TPSA) is 90.7 Å². The van der Waals surface area contributed by atoms with E-state index in [1.165, 1.54) is 61.7 Å². The normalized spacial score (nSPS) is 10.8. The molecular formula is C17H14F2N2O5. The Hall–Kier alpha value is -3.49. The number of alkyl halides is 2. The molecule has 0 radical (unpaired) electrons. The predicted molar refractivity (Wildman–Crippen MR) is 90.4 cm³/mol. The van der Waals surface area contributed by atoms with Crippen LogP contribution in [0, 0.1) is 10.1 Å². The molecule has 136 valence electrons. The van der Waals surface area contributed by atoms with Gasteiger partial charge in [-0.25, -0.2) is 0 Å². The van der Waals surface area contributed by atoms with Gasteiger partial charge in [-0.3, -0.25) is 14.9 Å². The first-order valence-electron chi connectivity index (χ1n) is 7.25. The zero-order valence-corrected chi connectivity index (χ0v) is 13.5. The summed E-state index contributed by atoms with van der Waals surface area (Å²) in [6.07, 6.45) is 2.68. The molecule has 0 spiro atoms. The first-order valence-corrected chi connectivity index (χ1v) is 7.25. The van der Waals surface area contributed by atoms with Crippen molar-refractivity contribution in [3.8, 4) is 11.5 Å². The highest BCUT2D eigenvalue weighted by Crippen LogP contribution is 2.29. The Balaban J connectivity index is 2.04. The SMILES string of the molecule is COc1cc(/C=C/C(=O)Nc2ccc([N+](=O)[O-])cc2)ccc1OC(F)F. The van der Waals surface area contributed by atoms with E-state index in [1.807, 2.05) is 0 Å². The van der Waals surface area contributed by atoms with Crippen molar-refractivity contribution in [2.24, 2.45) is 0 Å². The lowest BCUT2D eigenvalue weighted by molar-refractivity contribution is -0.384. The quantitative estimate of drug-likeness (QED) is 0.458. The Morgan fingerprint density at radius 3 is 2.46 bits per heavy atom. The fourth-order valence-electron chi connectivity index (χ4n) is 2.00. The minimum Gasteiger partial charge on any atom is -0.493 e. The number of nitro benzene ring substituents is 1. The lowest BCUT2D eigenvalue weighted by Gasteiger charge is -2.10. The molecule has 26 heavy (non-hydrogen) atoms. The van der Waals surface area contributed by atoms with Crippen LogP contribution in [0.5, 0.6) is 11.5 Å². The van der Waals surface area contributed by atoms with Crippen LogP contribution in [0.4, 0.5) is 20.2 Å². The van der Waals surface area contributed by atoms with Crippen molar-refractivity contribution in [3.05, 3.63) is 64.2 Å². The zero-order chi connectivity index (χ0) is 19.1. The van der Waals surface area contributed by atoms with Gasteiger partial charge in [-0.2, -0.15) is 8.78 Å². The van der Waals surface area contributed by atoms with E-state index in [1.54, 1.807) is 0 Å². The number of halogens is 2. The summed E-state index contributed by atoms with van der Waals surface area (Å²) in [5.74, 6) is -0.482. The third kappa shape index (κ3) is 5.26. The molecule has 2 aromatic rings. The third-order valence-electron chi connectivity index (χ3n) is 3.18. The Morgan fingerprint density at radius 1 is 1.19 bits per heavy atom. The van der Waals surface area contributed by atoms with Crippen LogP contribution in [-0.4, -0.2) is 24.6 Å². The molecule has 0 bridgehead atoms. The number of nitrogens with one attached hydrogen (secondary N) is 1. The summed E-state index contributed by atoms with van der Waals surface area (Å²) in [4.78, 5) is 21.9. The average molecular weight is 364 g/mol. The number of benzene rings is 2. The van der Waals surface area contributed by atoms with Crippen molar-refractivity contribution in [1.29, 1.82) is 0 Å². The molecule has 7 nitrogen and oxygen atoms in total. The first kappa shape index (κ1) is 18.8. The van der Waals surface area contributed by atoms with E-state index in [9.17, 15) is 23.7 Å². The molecule has 0 atom stereocenters. The van der Waals surface area contributed by atoms with Crippen LogP contribution >= 0.6 is 0 Å². The molecule has 2 rings (SSSR count). The highest BCUT2D eigenvalue weighted by atomic mass is 19.3. The van der Waals surface area contributed by atoms with Gasteiger partial charge < -0.3 is 14.8 Å². The number of nitro groups is 1. The van der Waals surface area contributed by atoms with E-state index in [-0.39, 0.29) is 17.2 Å². The number of hydrogen-bond acceptors (Lipinski definition) is 5. The van der Waals surface area contributed by atoms with E-state index in [4.69, 9.17) is 4.74 Å². The molecule has 0 aromatic heterocycles. The Labute approximate surface area is 147 Å². The lowest BCUT2D eigenvalue weighted by atomic mass is 10.2. The van der Waals surface area contributed by atoms with Gasteiger partial charge in [0.05, 0.1) is 12.0 Å². The van der Waals surface area contributed by atoms with Crippen LogP contribution < -0.4 is 14.8 Å². The monoisotopic (exact) mass is 364 g/mol. The highest BCUT2D eigenvalue weighted by Gasteiger charge is 2.10. The number of ether oxygens (including phenoxy) is 2. The summed E-state index contributed by atoms with van der Waals surface area (Å²) >= 11 is 0. The summed E-state index contributed by atoms with van der Waals surface area (Å²) < 4.78 is 33.9. The molecule has 0 fully saturated rings. The van der Waals surface area contributed by atoms with E-state index in [0.29, 0.717) is 11.3 Å². The zero-order valence-electron chi connectivity index (χ0n) is 13.5. The molecule has 0 aliphatic carbocycles. The van der Waals surface area contributed by atoms with Crippen LogP contribution in [0.3, 0.4) is 0 Å². The van der Waals surface area contributed by atoms with Gasteiger partial charge in [0, 0.05) is 23.9 Å².